The Kier molecular flexibility index (Phi) is 6.06. The molecule has 7 heteroatoms. The van der Waals surface area contributed by atoms with Gasteiger partial charge in [-0.2, -0.15) is 0 Å². The van der Waals surface area contributed by atoms with Gasteiger partial charge in [0.15, 0.2) is 0 Å². The summed E-state index contributed by atoms with van der Waals surface area (Å²) in [5.74, 6) is -0.844. The molecule has 1 aromatic rings. The van der Waals surface area contributed by atoms with Gasteiger partial charge in [0.05, 0.1) is 11.1 Å². The van der Waals surface area contributed by atoms with E-state index in [0.717, 1.165) is 0 Å². The van der Waals surface area contributed by atoms with Gasteiger partial charge in [-0.25, -0.2) is 0 Å². The fraction of sp³-hybridized carbons (Fsp3) is 0.412. The first kappa shape index (κ1) is 17.7. The average Bonchev–Trinajstić information content (AvgIpc) is 2.83. The first-order valence-corrected chi connectivity index (χ1v) is 8.03. The largest absolute Gasteiger partial charge is 0.354 e. The quantitative estimate of drug-likeness (QED) is 0.541. The number of carbonyl (C=O) groups is 4. The molecular formula is C17H21N3O4. The van der Waals surface area contributed by atoms with Crippen molar-refractivity contribution in [2.45, 2.75) is 26.2 Å². The molecule has 128 valence electrons. The van der Waals surface area contributed by atoms with Crippen LogP contribution in [0.25, 0.3) is 0 Å². The number of imide groups is 1. The van der Waals surface area contributed by atoms with E-state index in [1.54, 1.807) is 31.2 Å². The Morgan fingerprint density at radius 3 is 2.04 bits per heavy atom. The fourth-order valence-corrected chi connectivity index (χ4v) is 2.46. The minimum absolute atomic E-state index is 0.0603. The molecule has 4 amide bonds. The minimum Gasteiger partial charge on any atom is -0.354 e. The summed E-state index contributed by atoms with van der Waals surface area (Å²) in [4.78, 5) is 48.2. The molecule has 0 saturated carbocycles. The zero-order valence-corrected chi connectivity index (χ0v) is 13.6. The summed E-state index contributed by atoms with van der Waals surface area (Å²) in [5, 5.41) is 5.34. The van der Waals surface area contributed by atoms with Gasteiger partial charge in [0.2, 0.25) is 11.8 Å². The lowest BCUT2D eigenvalue weighted by Crippen LogP contribution is -2.35. The predicted octanol–water partition coefficient (Wildman–Crippen LogP) is 0.705. The van der Waals surface area contributed by atoms with Crippen molar-refractivity contribution in [1.82, 2.24) is 15.5 Å². The van der Waals surface area contributed by atoms with Crippen molar-refractivity contribution in [3.63, 3.8) is 0 Å². The van der Waals surface area contributed by atoms with Crippen LogP contribution in [-0.4, -0.2) is 48.2 Å². The number of nitrogens with one attached hydrogen (secondary N) is 2. The summed E-state index contributed by atoms with van der Waals surface area (Å²) in [6.45, 7) is 2.72. The van der Waals surface area contributed by atoms with E-state index in [1.165, 1.54) is 4.90 Å². The molecule has 1 aromatic carbocycles. The maximum Gasteiger partial charge on any atom is 0.261 e. The monoisotopic (exact) mass is 331 g/mol. The molecule has 24 heavy (non-hydrogen) atoms. The molecule has 0 aliphatic carbocycles. The second kappa shape index (κ2) is 8.24. The molecule has 0 bridgehead atoms. The Bertz CT molecular complexity index is 622. The van der Waals surface area contributed by atoms with Gasteiger partial charge in [-0.1, -0.05) is 19.1 Å². The summed E-state index contributed by atoms with van der Waals surface area (Å²) in [6, 6.07) is 6.70. The van der Waals surface area contributed by atoms with Crippen LogP contribution in [0, 0.1) is 0 Å². The normalized spacial score (nSPS) is 13.0. The number of hydrogen-bond acceptors (Lipinski definition) is 4. The van der Waals surface area contributed by atoms with Gasteiger partial charge < -0.3 is 10.6 Å². The number of hydrogen-bond donors (Lipinski definition) is 2. The van der Waals surface area contributed by atoms with Crippen LogP contribution in [0.2, 0.25) is 0 Å². The molecule has 1 aliphatic rings. The van der Waals surface area contributed by atoms with Crippen LogP contribution < -0.4 is 10.6 Å². The van der Waals surface area contributed by atoms with Crippen LogP contribution in [0.4, 0.5) is 0 Å². The highest BCUT2D eigenvalue weighted by Crippen LogP contribution is 2.22. The van der Waals surface area contributed by atoms with E-state index in [-0.39, 0.29) is 36.6 Å². The maximum atomic E-state index is 12.2. The van der Waals surface area contributed by atoms with E-state index < -0.39 is 0 Å². The third kappa shape index (κ3) is 4.18. The number of rotatable bonds is 8. The van der Waals surface area contributed by atoms with Crippen molar-refractivity contribution in [3.8, 4) is 0 Å². The van der Waals surface area contributed by atoms with E-state index >= 15 is 0 Å². The minimum atomic E-state index is -0.307. The lowest BCUT2D eigenvalue weighted by Gasteiger charge is -2.13. The number of carbonyl (C=O) groups excluding carboxylic acids is 4. The van der Waals surface area contributed by atoms with Gasteiger partial charge in [-0.15, -0.1) is 0 Å². The molecule has 0 radical (unpaired) electrons. The molecule has 2 rings (SSSR count). The summed E-state index contributed by atoms with van der Waals surface area (Å²) < 4.78 is 0. The summed E-state index contributed by atoms with van der Waals surface area (Å²) >= 11 is 0. The third-order valence-electron chi connectivity index (χ3n) is 3.75. The van der Waals surface area contributed by atoms with Gasteiger partial charge in [0, 0.05) is 32.5 Å². The van der Waals surface area contributed by atoms with Crippen molar-refractivity contribution in [2.75, 3.05) is 19.6 Å². The molecular weight excluding hydrogens is 310 g/mol. The van der Waals surface area contributed by atoms with Gasteiger partial charge in [-0.05, 0) is 18.6 Å². The average molecular weight is 331 g/mol. The van der Waals surface area contributed by atoms with Crippen LogP contribution in [-0.2, 0) is 9.59 Å². The van der Waals surface area contributed by atoms with Crippen molar-refractivity contribution in [3.05, 3.63) is 35.4 Å². The summed E-state index contributed by atoms with van der Waals surface area (Å²) in [6.07, 6.45) is 1.03. The van der Waals surface area contributed by atoms with Crippen LogP contribution in [0.1, 0.15) is 46.9 Å². The molecule has 0 unspecified atom stereocenters. The van der Waals surface area contributed by atoms with Crippen LogP contribution in [0.15, 0.2) is 24.3 Å². The topological polar surface area (TPSA) is 95.6 Å². The highest BCUT2D eigenvalue weighted by molar-refractivity contribution is 6.21. The standard InChI is InChI=1S/C17H21N3O4/c1-2-14(21)18-9-10-19-15(22)8-5-11-20-16(23)12-6-3-4-7-13(12)17(20)24/h3-4,6-7H,2,5,8-11H2,1H3,(H,18,21)(H,19,22). The van der Waals surface area contributed by atoms with E-state index in [2.05, 4.69) is 10.6 Å². The smallest absolute Gasteiger partial charge is 0.261 e. The van der Waals surface area contributed by atoms with Gasteiger partial charge in [0.1, 0.15) is 0 Å². The molecule has 1 aliphatic heterocycles. The molecule has 0 fully saturated rings. The Balaban J connectivity index is 1.69. The zero-order chi connectivity index (χ0) is 17.5. The number of amides is 4. The summed E-state index contributed by atoms with van der Waals surface area (Å²) in [5.41, 5.74) is 0.831. The van der Waals surface area contributed by atoms with Crippen LogP contribution in [0.5, 0.6) is 0 Å². The SMILES string of the molecule is CCC(=O)NCCNC(=O)CCCN1C(=O)c2ccccc2C1=O. The number of nitrogens with zero attached hydrogens (tertiary/aromatic N) is 1. The molecule has 0 atom stereocenters. The third-order valence-corrected chi connectivity index (χ3v) is 3.75. The second-order valence-corrected chi connectivity index (χ2v) is 5.46. The first-order valence-electron chi connectivity index (χ1n) is 8.03. The Morgan fingerprint density at radius 1 is 0.958 bits per heavy atom. The van der Waals surface area contributed by atoms with Crippen LogP contribution >= 0.6 is 0 Å². The molecule has 1 heterocycles. The van der Waals surface area contributed by atoms with E-state index in [9.17, 15) is 19.2 Å². The van der Waals surface area contributed by atoms with Crippen LogP contribution in [0.3, 0.4) is 0 Å². The van der Waals surface area contributed by atoms with Gasteiger partial charge in [-0.3, -0.25) is 24.1 Å². The van der Waals surface area contributed by atoms with Crippen molar-refractivity contribution in [1.29, 1.82) is 0 Å². The Hall–Kier alpha value is -2.70. The first-order chi connectivity index (χ1) is 11.5. The highest BCUT2D eigenvalue weighted by atomic mass is 16.2. The summed E-state index contributed by atoms with van der Waals surface area (Å²) in [7, 11) is 0. The van der Waals surface area contributed by atoms with Gasteiger partial charge >= 0.3 is 0 Å². The van der Waals surface area contributed by atoms with Crippen molar-refractivity contribution < 1.29 is 19.2 Å². The lowest BCUT2D eigenvalue weighted by atomic mass is 10.1. The zero-order valence-electron chi connectivity index (χ0n) is 13.6. The lowest BCUT2D eigenvalue weighted by molar-refractivity contribution is -0.122. The van der Waals surface area contributed by atoms with Crippen molar-refractivity contribution >= 4 is 23.6 Å². The fourth-order valence-electron chi connectivity index (χ4n) is 2.46. The van der Waals surface area contributed by atoms with Crippen molar-refractivity contribution in [2.24, 2.45) is 0 Å². The maximum absolute atomic E-state index is 12.2. The molecule has 0 saturated heterocycles. The van der Waals surface area contributed by atoms with E-state index in [1.807, 2.05) is 0 Å². The van der Waals surface area contributed by atoms with E-state index in [4.69, 9.17) is 0 Å². The van der Waals surface area contributed by atoms with E-state index in [0.29, 0.717) is 37.1 Å². The van der Waals surface area contributed by atoms with Gasteiger partial charge in [0.25, 0.3) is 11.8 Å². The molecule has 0 aromatic heterocycles. The Labute approximate surface area is 140 Å². The highest BCUT2D eigenvalue weighted by Gasteiger charge is 2.34. The Morgan fingerprint density at radius 2 is 1.50 bits per heavy atom. The molecule has 7 nitrogen and oxygen atoms in total. The second-order valence-electron chi connectivity index (χ2n) is 5.46. The molecule has 2 N–H and O–H groups in total. The molecule has 0 spiro atoms. The predicted molar refractivity (Wildman–Crippen MR) is 87.4 cm³/mol. The number of benzene rings is 1. The number of fused-ring (bicyclic) bond motifs is 1.